The Balaban J connectivity index is 2.66. The molecule has 0 saturated carbocycles. The van der Waals surface area contributed by atoms with Crippen LogP contribution >= 0.6 is 11.8 Å². The Bertz CT molecular complexity index is 588. The van der Waals surface area contributed by atoms with Crippen LogP contribution in [0.4, 0.5) is 0 Å². The first-order valence-corrected chi connectivity index (χ1v) is 9.66. The molecule has 0 amide bonds. The number of hydrogen-bond acceptors (Lipinski definition) is 4. The molecule has 0 radical (unpaired) electrons. The molecule has 0 unspecified atom stereocenters. The Labute approximate surface area is 131 Å². The molecule has 0 atom stereocenters. The standard InChI is InChI=1S/C15H21NO3S2/c1-20-12-5-3-10-16-21(18,19)15-9-6-8-14(13-15)7-2-4-11-17/h6,8-9,13,16-17H,3-5,10-12H2,1H3. The van der Waals surface area contributed by atoms with Crippen molar-refractivity contribution < 1.29 is 13.5 Å². The summed E-state index contributed by atoms with van der Waals surface area (Å²) in [5.74, 6) is 6.66. The maximum absolute atomic E-state index is 12.1. The minimum absolute atomic E-state index is 0.00257. The summed E-state index contributed by atoms with van der Waals surface area (Å²) in [6, 6.07) is 6.53. The van der Waals surface area contributed by atoms with E-state index in [1.165, 1.54) is 0 Å². The van der Waals surface area contributed by atoms with Gasteiger partial charge in [-0.2, -0.15) is 11.8 Å². The van der Waals surface area contributed by atoms with E-state index in [9.17, 15) is 8.42 Å². The van der Waals surface area contributed by atoms with E-state index in [1.54, 1.807) is 36.0 Å². The lowest BCUT2D eigenvalue weighted by atomic mass is 10.2. The van der Waals surface area contributed by atoms with Crippen LogP contribution in [0.5, 0.6) is 0 Å². The van der Waals surface area contributed by atoms with Crippen molar-refractivity contribution in [2.45, 2.75) is 24.2 Å². The number of aliphatic hydroxyl groups excluding tert-OH is 1. The van der Waals surface area contributed by atoms with Gasteiger partial charge in [0.05, 0.1) is 11.5 Å². The highest BCUT2D eigenvalue weighted by molar-refractivity contribution is 7.98. The summed E-state index contributed by atoms with van der Waals surface area (Å²) in [6.45, 7) is 0.450. The largest absolute Gasteiger partial charge is 0.395 e. The number of sulfonamides is 1. The molecular formula is C15H21NO3S2. The Morgan fingerprint density at radius 2 is 2.14 bits per heavy atom. The molecule has 0 aliphatic carbocycles. The number of hydrogen-bond donors (Lipinski definition) is 2. The smallest absolute Gasteiger partial charge is 0.240 e. The number of rotatable bonds is 8. The van der Waals surface area contributed by atoms with Gasteiger partial charge in [0.2, 0.25) is 10.0 Å². The third kappa shape index (κ3) is 7.00. The fraction of sp³-hybridized carbons (Fsp3) is 0.467. The highest BCUT2D eigenvalue weighted by Crippen LogP contribution is 2.11. The van der Waals surface area contributed by atoms with Crippen LogP contribution in [0.3, 0.4) is 0 Å². The van der Waals surface area contributed by atoms with Crippen molar-refractivity contribution >= 4 is 21.8 Å². The molecule has 1 aromatic carbocycles. The second-order valence-electron chi connectivity index (χ2n) is 4.40. The molecule has 2 N–H and O–H groups in total. The van der Waals surface area contributed by atoms with E-state index >= 15 is 0 Å². The lowest BCUT2D eigenvalue weighted by Crippen LogP contribution is -2.24. The van der Waals surface area contributed by atoms with Crippen molar-refractivity contribution in [3.05, 3.63) is 29.8 Å². The Morgan fingerprint density at radius 3 is 2.86 bits per heavy atom. The van der Waals surface area contributed by atoms with Crippen LogP contribution in [0.25, 0.3) is 0 Å². The molecule has 0 spiro atoms. The van der Waals surface area contributed by atoms with Gasteiger partial charge in [-0.05, 0) is 43.0 Å². The molecule has 0 saturated heterocycles. The molecule has 4 nitrogen and oxygen atoms in total. The molecule has 116 valence electrons. The van der Waals surface area contributed by atoms with E-state index in [0.29, 0.717) is 18.5 Å². The molecule has 0 bridgehead atoms. The van der Waals surface area contributed by atoms with Crippen LogP contribution in [0.2, 0.25) is 0 Å². The van der Waals surface area contributed by atoms with E-state index < -0.39 is 10.0 Å². The van der Waals surface area contributed by atoms with E-state index in [2.05, 4.69) is 16.6 Å². The minimum Gasteiger partial charge on any atom is -0.395 e. The number of unbranched alkanes of at least 4 members (excludes halogenated alkanes) is 1. The lowest BCUT2D eigenvalue weighted by Gasteiger charge is -2.06. The average Bonchev–Trinajstić information content (AvgIpc) is 2.48. The van der Waals surface area contributed by atoms with Crippen molar-refractivity contribution in [1.82, 2.24) is 4.72 Å². The SMILES string of the molecule is CSCCCCNS(=O)(=O)c1cccc(C#CCCO)c1. The summed E-state index contributed by atoms with van der Waals surface area (Å²) in [7, 11) is -3.47. The molecule has 6 heteroatoms. The van der Waals surface area contributed by atoms with Crippen LogP contribution in [-0.4, -0.2) is 38.7 Å². The van der Waals surface area contributed by atoms with Crippen LogP contribution in [0, 0.1) is 11.8 Å². The van der Waals surface area contributed by atoms with Crippen molar-refractivity contribution in [1.29, 1.82) is 0 Å². The van der Waals surface area contributed by atoms with Gasteiger partial charge in [0.1, 0.15) is 0 Å². The molecular weight excluding hydrogens is 306 g/mol. The summed E-state index contributed by atoms with van der Waals surface area (Å²) in [5, 5.41) is 8.68. The normalized spacial score (nSPS) is 11.0. The van der Waals surface area contributed by atoms with Gasteiger partial charge in [0, 0.05) is 18.5 Å². The highest BCUT2D eigenvalue weighted by Gasteiger charge is 2.13. The fourth-order valence-electron chi connectivity index (χ4n) is 1.62. The van der Waals surface area contributed by atoms with Gasteiger partial charge in [0.25, 0.3) is 0 Å². The molecule has 0 aromatic heterocycles. The van der Waals surface area contributed by atoms with Gasteiger partial charge in [-0.1, -0.05) is 17.9 Å². The van der Waals surface area contributed by atoms with Gasteiger partial charge in [-0.25, -0.2) is 13.1 Å². The average molecular weight is 327 g/mol. The van der Waals surface area contributed by atoms with Crippen LogP contribution in [0.1, 0.15) is 24.8 Å². The molecule has 0 aliphatic rings. The number of benzene rings is 1. The number of aliphatic hydroxyl groups is 1. The van der Waals surface area contributed by atoms with Crippen LogP contribution in [0.15, 0.2) is 29.2 Å². The molecule has 0 heterocycles. The van der Waals surface area contributed by atoms with Gasteiger partial charge in [-0.3, -0.25) is 0 Å². The molecule has 1 aromatic rings. The zero-order valence-corrected chi connectivity index (χ0v) is 13.8. The first-order chi connectivity index (χ1) is 10.1. The van der Waals surface area contributed by atoms with Crippen LogP contribution < -0.4 is 4.72 Å². The molecule has 21 heavy (non-hydrogen) atoms. The van der Waals surface area contributed by atoms with Crippen LogP contribution in [-0.2, 0) is 10.0 Å². The summed E-state index contributed by atoms with van der Waals surface area (Å²) in [6.07, 6.45) is 4.24. The summed E-state index contributed by atoms with van der Waals surface area (Å²) in [4.78, 5) is 0.225. The Morgan fingerprint density at radius 1 is 1.33 bits per heavy atom. The van der Waals surface area contributed by atoms with Crippen molar-refractivity contribution in [3.8, 4) is 11.8 Å². The second kappa shape index (κ2) is 9.85. The van der Waals surface area contributed by atoms with Crippen molar-refractivity contribution in [3.63, 3.8) is 0 Å². The van der Waals surface area contributed by atoms with Gasteiger partial charge in [-0.15, -0.1) is 0 Å². The van der Waals surface area contributed by atoms with E-state index in [4.69, 9.17) is 5.11 Å². The predicted molar refractivity (Wildman–Crippen MR) is 87.8 cm³/mol. The topological polar surface area (TPSA) is 66.4 Å². The van der Waals surface area contributed by atoms with E-state index in [0.717, 1.165) is 18.6 Å². The molecule has 1 rings (SSSR count). The second-order valence-corrected chi connectivity index (χ2v) is 7.15. The Kier molecular flexibility index (Phi) is 8.47. The van der Waals surface area contributed by atoms with Gasteiger partial charge >= 0.3 is 0 Å². The quantitative estimate of drug-likeness (QED) is 0.565. The lowest BCUT2D eigenvalue weighted by molar-refractivity contribution is 0.305. The maximum atomic E-state index is 12.1. The minimum atomic E-state index is -3.47. The summed E-state index contributed by atoms with van der Waals surface area (Å²) in [5.41, 5.74) is 0.633. The Hall–Kier alpha value is -1.00. The van der Waals surface area contributed by atoms with Crippen molar-refractivity contribution in [2.75, 3.05) is 25.2 Å². The fourth-order valence-corrected chi connectivity index (χ4v) is 3.24. The number of nitrogens with one attached hydrogen (secondary N) is 1. The molecule has 0 aliphatic heterocycles. The summed E-state index contributed by atoms with van der Waals surface area (Å²) < 4.78 is 26.9. The summed E-state index contributed by atoms with van der Waals surface area (Å²) >= 11 is 1.76. The van der Waals surface area contributed by atoms with Gasteiger partial charge in [0.15, 0.2) is 0 Å². The predicted octanol–water partition coefficient (Wildman–Crippen LogP) is 1.84. The zero-order chi connectivity index (χ0) is 15.6. The molecule has 0 fully saturated rings. The first-order valence-electron chi connectivity index (χ1n) is 6.78. The monoisotopic (exact) mass is 327 g/mol. The van der Waals surface area contributed by atoms with E-state index in [1.807, 2.05) is 6.26 Å². The zero-order valence-electron chi connectivity index (χ0n) is 12.1. The first kappa shape index (κ1) is 18.1. The third-order valence-electron chi connectivity index (χ3n) is 2.68. The van der Waals surface area contributed by atoms with E-state index in [-0.39, 0.29) is 11.5 Å². The maximum Gasteiger partial charge on any atom is 0.240 e. The third-order valence-corrected chi connectivity index (χ3v) is 4.84. The highest BCUT2D eigenvalue weighted by atomic mass is 32.2. The van der Waals surface area contributed by atoms with Crippen molar-refractivity contribution in [2.24, 2.45) is 0 Å². The number of thioether (sulfide) groups is 1. The van der Waals surface area contributed by atoms with Gasteiger partial charge < -0.3 is 5.11 Å².